The van der Waals surface area contributed by atoms with Crippen molar-refractivity contribution in [3.8, 4) is 0 Å². The summed E-state index contributed by atoms with van der Waals surface area (Å²) in [6.45, 7) is 2.86. The van der Waals surface area contributed by atoms with Crippen LogP contribution in [0.25, 0.3) is 0 Å². The molecule has 138 valence electrons. The Hall–Kier alpha value is -1.33. The van der Waals surface area contributed by atoms with Gasteiger partial charge in [-0.2, -0.15) is 0 Å². The van der Waals surface area contributed by atoms with Crippen LogP contribution in [-0.4, -0.2) is 52.4 Å². The molecule has 1 saturated carbocycles. The molecule has 25 heavy (non-hydrogen) atoms. The monoisotopic (exact) mass is 346 g/mol. The number of hydrogen-bond acceptors (Lipinski definition) is 3. The number of hydrogen-bond donors (Lipinski definition) is 1. The van der Waals surface area contributed by atoms with Crippen molar-refractivity contribution in [3.05, 3.63) is 24.5 Å². The van der Waals surface area contributed by atoms with Crippen LogP contribution in [0.2, 0.25) is 0 Å². The van der Waals surface area contributed by atoms with Gasteiger partial charge in [-0.1, -0.05) is 12.8 Å². The lowest BCUT2D eigenvalue weighted by molar-refractivity contribution is -0.146. The van der Waals surface area contributed by atoms with E-state index >= 15 is 0 Å². The Kier molecular flexibility index (Phi) is 4.63. The first-order valence-electron chi connectivity index (χ1n) is 9.83. The molecule has 1 aromatic rings. The van der Waals surface area contributed by atoms with E-state index in [1.54, 1.807) is 0 Å². The number of ether oxygens (including phenoxy) is 1. The summed E-state index contributed by atoms with van der Waals surface area (Å²) in [5, 5.41) is 10.9. The predicted octanol–water partition coefficient (Wildman–Crippen LogP) is 2.54. The van der Waals surface area contributed by atoms with E-state index in [9.17, 15) is 9.90 Å². The van der Waals surface area contributed by atoms with Gasteiger partial charge >= 0.3 is 0 Å². The number of piperidine rings is 1. The van der Waals surface area contributed by atoms with Crippen molar-refractivity contribution < 1.29 is 14.6 Å². The topological polar surface area (TPSA) is 54.7 Å². The summed E-state index contributed by atoms with van der Waals surface area (Å²) in [6.07, 6.45) is 11.5. The molecule has 1 aromatic heterocycles. The molecular weight excluding hydrogens is 316 g/mol. The minimum atomic E-state index is -0.522. The highest BCUT2D eigenvalue weighted by molar-refractivity contribution is 5.77. The van der Waals surface area contributed by atoms with E-state index in [-0.39, 0.29) is 17.4 Å². The van der Waals surface area contributed by atoms with E-state index in [2.05, 4.69) is 17.0 Å². The van der Waals surface area contributed by atoms with Crippen LogP contribution in [0.3, 0.4) is 0 Å². The largest absolute Gasteiger partial charge is 0.389 e. The van der Waals surface area contributed by atoms with Crippen LogP contribution in [0, 0.1) is 5.92 Å². The zero-order valence-electron chi connectivity index (χ0n) is 15.0. The maximum Gasteiger partial charge on any atom is 0.224 e. The van der Waals surface area contributed by atoms with Crippen LogP contribution in [0.5, 0.6) is 0 Å². The van der Waals surface area contributed by atoms with E-state index < -0.39 is 5.60 Å². The van der Waals surface area contributed by atoms with Crippen molar-refractivity contribution in [1.82, 2.24) is 9.47 Å². The van der Waals surface area contributed by atoms with Crippen molar-refractivity contribution in [1.29, 1.82) is 0 Å². The Balaban J connectivity index is 1.47. The molecule has 0 radical (unpaired) electrons. The minimum Gasteiger partial charge on any atom is -0.389 e. The van der Waals surface area contributed by atoms with Gasteiger partial charge in [0, 0.05) is 44.6 Å². The standard InChI is InChI=1S/C20H30N2O3/c23-18(21-12-7-20(24)6-2-1-5-17(20)16-21)15-19(8-13-25-14-9-19)22-10-3-4-11-22/h3-4,10-11,17,24H,1-2,5-9,12-16H2. The molecule has 1 N–H and O–H groups in total. The van der Waals surface area contributed by atoms with E-state index in [1.165, 1.54) is 6.42 Å². The molecule has 2 atom stereocenters. The molecule has 4 rings (SSSR count). The molecule has 0 aromatic carbocycles. The summed E-state index contributed by atoms with van der Waals surface area (Å²) in [5.74, 6) is 0.499. The number of nitrogens with zero attached hydrogens (tertiary/aromatic N) is 2. The maximum absolute atomic E-state index is 13.1. The molecule has 5 heteroatoms. The summed E-state index contributed by atoms with van der Waals surface area (Å²) < 4.78 is 7.78. The third kappa shape index (κ3) is 3.24. The van der Waals surface area contributed by atoms with E-state index in [1.807, 2.05) is 17.0 Å². The molecule has 0 bridgehead atoms. The molecule has 1 aliphatic carbocycles. The highest BCUT2D eigenvalue weighted by Crippen LogP contribution is 2.41. The Labute approximate surface area is 150 Å². The summed E-state index contributed by atoms with van der Waals surface area (Å²) in [7, 11) is 0. The van der Waals surface area contributed by atoms with Gasteiger partial charge in [-0.25, -0.2) is 0 Å². The molecule has 2 saturated heterocycles. The number of carbonyl (C=O) groups is 1. The Bertz CT molecular complexity index is 594. The number of carbonyl (C=O) groups excluding carboxylic acids is 1. The van der Waals surface area contributed by atoms with Gasteiger partial charge in [-0.3, -0.25) is 4.79 Å². The van der Waals surface area contributed by atoms with Crippen LogP contribution in [0.15, 0.2) is 24.5 Å². The quantitative estimate of drug-likeness (QED) is 0.915. The third-order valence-electron chi connectivity index (χ3n) is 6.84. The molecule has 3 aliphatic rings. The molecule has 3 heterocycles. The number of likely N-dealkylation sites (tertiary alicyclic amines) is 1. The molecule has 5 nitrogen and oxygen atoms in total. The second-order valence-corrected chi connectivity index (χ2v) is 8.24. The van der Waals surface area contributed by atoms with Gasteiger partial charge in [0.1, 0.15) is 0 Å². The van der Waals surface area contributed by atoms with Crippen LogP contribution in [0.1, 0.15) is 51.4 Å². The first kappa shape index (κ1) is 17.1. The van der Waals surface area contributed by atoms with Crippen molar-refractivity contribution in [3.63, 3.8) is 0 Å². The fourth-order valence-electron chi connectivity index (χ4n) is 5.12. The normalized spacial score (nSPS) is 32.2. The first-order valence-corrected chi connectivity index (χ1v) is 9.83. The lowest BCUT2D eigenvalue weighted by Gasteiger charge is -2.48. The summed E-state index contributed by atoms with van der Waals surface area (Å²) in [4.78, 5) is 15.2. The fraction of sp³-hybridized carbons (Fsp3) is 0.750. The van der Waals surface area contributed by atoms with Gasteiger partial charge in [-0.15, -0.1) is 0 Å². The minimum absolute atomic E-state index is 0.154. The van der Waals surface area contributed by atoms with Gasteiger partial charge < -0.3 is 19.3 Å². The maximum atomic E-state index is 13.1. The SMILES string of the molecule is O=C(CC1(n2cccc2)CCOCC1)N1CCC2(O)CCCCC2C1. The summed E-state index contributed by atoms with van der Waals surface area (Å²) in [5.41, 5.74) is -0.676. The molecule has 1 amide bonds. The smallest absolute Gasteiger partial charge is 0.224 e. The molecule has 0 spiro atoms. The van der Waals surface area contributed by atoms with Crippen molar-refractivity contribution in [2.45, 2.75) is 62.5 Å². The van der Waals surface area contributed by atoms with Gasteiger partial charge in [0.2, 0.25) is 5.91 Å². The zero-order chi connectivity index (χ0) is 17.3. The highest BCUT2D eigenvalue weighted by Gasteiger charge is 2.45. The number of aliphatic hydroxyl groups is 1. The third-order valence-corrected chi connectivity index (χ3v) is 6.84. The first-order chi connectivity index (χ1) is 12.1. The average Bonchev–Trinajstić information content (AvgIpc) is 3.17. The second-order valence-electron chi connectivity index (χ2n) is 8.24. The number of fused-ring (bicyclic) bond motifs is 1. The Morgan fingerprint density at radius 2 is 1.88 bits per heavy atom. The van der Waals surface area contributed by atoms with Crippen LogP contribution in [-0.2, 0) is 15.1 Å². The van der Waals surface area contributed by atoms with Gasteiger partial charge in [0.15, 0.2) is 0 Å². The second kappa shape index (κ2) is 6.76. The molecule has 2 unspecified atom stereocenters. The Morgan fingerprint density at radius 3 is 2.64 bits per heavy atom. The van der Waals surface area contributed by atoms with Gasteiger partial charge in [0.25, 0.3) is 0 Å². The highest BCUT2D eigenvalue weighted by atomic mass is 16.5. The number of rotatable bonds is 3. The van der Waals surface area contributed by atoms with Crippen molar-refractivity contribution in [2.75, 3.05) is 26.3 Å². The predicted molar refractivity (Wildman–Crippen MR) is 95.2 cm³/mol. The Morgan fingerprint density at radius 1 is 1.12 bits per heavy atom. The molecule has 3 fully saturated rings. The van der Waals surface area contributed by atoms with Crippen LogP contribution >= 0.6 is 0 Å². The van der Waals surface area contributed by atoms with Crippen LogP contribution in [0.4, 0.5) is 0 Å². The summed E-state index contributed by atoms with van der Waals surface area (Å²) >= 11 is 0. The van der Waals surface area contributed by atoms with Gasteiger partial charge in [0.05, 0.1) is 17.6 Å². The lowest BCUT2D eigenvalue weighted by Crippen LogP contribution is -2.55. The zero-order valence-corrected chi connectivity index (χ0v) is 15.0. The van der Waals surface area contributed by atoms with Crippen molar-refractivity contribution >= 4 is 5.91 Å². The van der Waals surface area contributed by atoms with E-state index in [4.69, 9.17) is 4.74 Å². The van der Waals surface area contributed by atoms with Crippen LogP contribution < -0.4 is 0 Å². The van der Waals surface area contributed by atoms with E-state index in [0.717, 1.165) is 45.1 Å². The van der Waals surface area contributed by atoms with Crippen molar-refractivity contribution in [2.24, 2.45) is 5.92 Å². The fourth-order valence-corrected chi connectivity index (χ4v) is 5.12. The average molecular weight is 346 g/mol. The van der Waals surface area contributed by atoms with E-state index in [0.29, 0.717) is 26.2 Å². The lowest BCUT2D eigenvalue weighted by atomic mass is 9.71. The summed E-state index contributed by atoms with van der Waals surface area (Å²) in [6, 6.07) is 4.06. The molecule has 2 aliphatic heterocycles. The number of aromatic nitrogens is 1. The number of amides is 1. The molecular formula is C20H30N2O3. The van der Waals surface area contributed by atoms with Gasteiger partial charge in [-0.05, 0) is 44.2 Å².